The first kappa shape index (κ1) is 24.8. The van der Waals surface area contributed by atoms with Gasteiger partial charge in [-0.15, -0.1) is 0 Å². The summed E-state index contributed by atoms with van der Waals surface area (Å²) >= 11 is 0. The molecule has 0 saturated carbocycles. The van der Waals surface area contributed by atoms with Crippen molar-refractivity contribution in [2.75, 3.05) is 13.1 Å². The van der Waals surface area contributed by atoms with Crippen LogP contribution in [-0.2, 0) is 16.0 Å². The zero-order valence-electron chi connectivity index (χ0n) is 20.9. The molecule has 178 valence electrons. The van der Waals surface area contributed by atoms with E-state index in [9.17, 15) is 9.59 Å². The summed E-state index contributed by atoms with van der Waals surface area (Å²) in [6.45, 7) is 13.4. The first-order valence-electron chi connectivity index (χ1n) is 12.1. The highest BCUT2D eigenvalue weighted by atomic mass is 16.5. The third kappa shape index (κ3) is 6.37. The molecule has 5 nitrogen and oxygen atoms in total. The van der Waals surface area contributed by atoms with E-state index in [2.05, 4.69) is 70.3 Å². The van der Waals surface area contributed by atoms with Crippen LogP contribution in [0.5, 0.6) is 5.75 Å². The van der Waals surface area contributed by atoms with Crippen LogP contribution in [0.1, 0.15) is 69.3 Å². The van der Waals surface area contributed by atoms with Crippen LogP contribution in [0, 0.1) is 18.8 Å². The van der Waals surface area contributed by atoms with Gasteiger partial charge in [0, 0.05) is 19.5 Å². The lowest BCUT2D eigenvalue weighted by molar-refractivity contribution is -0.134. The number of fused-ring (bicyclic) bond motifs is 1. The molecule has 1 N–H and O–H groups in total. The second-order valence-corrected chi connectivity index (χ2v) is 10.0. The maximum absolute atomic E-state index is 13.2. The van der Waals surface area contributed by atoms with Gasteiger partial charge in [-0.25, -0.2) is 0 Å². The Hall–Kier alpha value is -2.82. The summed E-state index contributed by atoms with van der Waals surface area (Å²) in [5, 5.41) is 2.93. The van der Waals surface area contributed by atoms with Crippen LogP contribution >= 0.6 is 0 Å². The highest BCUT2D eigenvalue weighted by Gasteiger charge is 2.32. The number of benzene rings is 2. The van der Waals surface area contributed by atoms with E-state index in [4.69, 9.17) is 4.74 Å². The molecule has 0 saturated heterocycles. The monoisotopic (exact) mass is 450 g/mol. The van der Waals surface area contributed by atoms with Gasteiger partial charge in [-0.1, -0.05) is 63.6 Å². The van der Waals surface area contributed by atoms with Gasteiger partial charge < -0.3 is 15.0 Å². The van der Waals surface area contributed by atoms with Crippen molar-refractivity contribution in [1.82, 2.24) is 10.2 Å². The van der Waals surface area contributed by atoms with Crippen molar-refractivity contribution in [3.63, 3.8) is 0 Å². The van der Waals surface area contributed by atoms with E-state index >= 15 is 0 Å². The fraction of sp³-hybridized carbons (Fsp3) is 0.500. The van der Waals surface area contributed by atoms with Gasteiger partial charge in [-0.05, 0) is 60.9 Å². The molecule has 33 heavy (non-hydrogen) atoms. The highest BCUT2D eigenvalue weighted by molar-refractivity contribution is 5.80. The molecular formula is C28H38N2O3. The number of amides is 2. The van der Waals surface area contributed by atoms with E-state index in [1.165, 1.54) is 11.1 Å². The van der Waals surface area contributed by atoms with Crippen LogP contribution in [0.15, 0.2) is 42.5 Å². The van der Waals surface area contributed by atoms with Crippen molar-refractivity contribution in [3.8, 4) is 5.75 Å². The first-order valence-corrected chi connectivity index (χ1v) is 12.1. The molecule has 2 atom stereocenters. The number of carbonyl (C=O) groups excluding carboxylic acids is 2. The molecule has 3 rings (SSSR count). The zero-order chi connectivity index (χ0) is 24.1. The number of hydrogen-bond donors (Lipinski definition) is 1. The summed E-state index contributed by atoms with van der Waals surface area (Å²) in [5.74, 6) is 1.39. The smallest absolute Gasteiger partial charge is 0.260 e. The normalized spacial score (nSPS) is 16.5. The predicted octanol–water partition coefficient (Wildman–Crippen LogP) is 5.05. The Morgan fingerprint density at radius 2 is 1.73 bits per heavy atom. The van der Waals surface area contributed by atoms with E-state index in [1.807, 2.05) is 17.0 Å². The Labute approximate surface area is 198 Å². The van der Waals surface area contributed by atoms with Crippen molar-refractivity contribution in [2.45, 2.75) is 66.5 Å². The summed E-state index contributed by atoms with van der Waals surface area (Å²) in [5.41, 5.74) is 4.58. The Morgan fingerprint density at radius 1 is 1.03 bits per heavy atom. The molecule has 0 spiro atoms. The Kier molecular flexibility index (Phi) is 8.17. The first-order chi connectivity index (χ1) is 15.7. The second-order valence-electron chi connectivity index (χ2n) is 10.0. The van der Waals surface area contributed by atoms with E-state index in [-0.39, 0.29) is 17.9 Å². The Morgan fingerprint density at radius 3 is 2.36 bits per heavy atom. The van der Waals surface area contributed by atoms with E-state index in [0.29, 0.717) is 37.1 Å². The average Bonchev–Trinajstić information content (AvgIpc) is 2.76. The van der Waals surface area contributed by atoms with E-state index in [0.717, 1.165) is 17.5 Å². The predicted molar refractivity (Wildman–Crippen MR) is 132 cm³/mol. The van der Waals surface area contributed by atoms with Gasteiger partial charge in [0.15, 0.2) is 6.10 Å². The number of aryl methyl sites for hydroxylation is 1. The average molecular weight is 451 g/mol. The molecule has 0 fully saturated rings. The zero-order valence-corrected chi connectivity index (χ0v) is 20.9. The van der Waals surface area contributed by atoms with Crippen molar-refractivity contribution < 1.29 is 14.3 Å². The van der Waals surface area contributed by atoms with Crippen molar-refractivity contribution >= 4 is 11.8 Å². The summed E-state index contributed by atoms with van der Waals surface area (Å²) in [6.07, 6.45) is 0.745. The molecule has 2 aromatic rings. The summed E-state index contributed by atoms with van der Waals surface area (Å²) in [4.78, 5) is 27.6. The topological polar surface area (TPSA) is 58.6 Å². The van der Waals surface area contributed by atoms with Crippen LogP contribution in [-0.4, -0.2) is 35.9 Å². The molecule has 0 radical (unpaired) electrons. The molecule has 1 aliphatic rings. The minimum Gasteiger partial charge on any atom is -0.481 e. The standard InChI is InChI=1S/C28H38N2O3/c1-18(2)15-26(31)30-14-13-22-11-12-24(33-21(6)28(32)29-17-19(3)4)16-25(22)27(30)23-9-7-20(5)8-10-23/h7-12,16,18-19,21,27H,13-15,17H2,1-6H3,(H,29,32)/t21-,27+/m1/s1. The lowest BCUT2D eigenvalue weighted by Gasteiger charge is -2.38. The van der Waals surface area contributed by atoms with Crippen LogP contribution in [0.2, 0.25) is 0 Å². The molecule has 0 aliphatic carbocycles. The van der Waals surface area contributed by atoms with Crippen molar-refractivity contribution in [3.05, 3.63) is 64.7 Å². The number of nitrogens with one attached hydrogen (secondary N) is 1. The largest absolute Gasteiger partial charge is 0.481 e. The van der Waals surface area contributed by atoms with Gasteiger partial charge in [0.1, 0.15) is 5.75 Å². The third-order valence-corrected chi connectivity index (χ3v) is 6.01. The maximum atomic E-state index is 13.2. The second kappa shape index (κ2) is 10.9. The third-order valence-electron chi connectivity index (χ3n) is 6.01. The molecular weight excluding hydrogens is 412 g/mol. The lowest BCUT2D eigenvalue weighted by Crippen LogP contribution is -2.41. The summed E-state index contributed by atoms with van der Waals surface area (Å²) in [7, 11) is 0. The Bertz CT molecular complexity index is 966. The van der Waals surface area contributed by atoms with Crippen LogP contribution < -0.4 is 10.1 Å². The molecule has 2 aromatic carbocycles. The molecule has 2 amide bonds. The molecule has 0 aromatic heterocycles. The van der Waals surface area contributed by atoms with E-state index < -0.39 is 6.10 Å². The molecule has 1 heterocycles. The SMILES string of the molecule is Cc1ccc([C@H]2c3cc(O[C@H](C)C(=O)NCC(C)C)ccc3CCN2C(=O)CC(C)C)cc1. The number of hydrogen-bond acceptors (Lipinski definition) is 3. The fourth-order valence-corrected chi connectivity index (χ4v) is 4.22. The van der Waals surface area contributed by atoms with Gasteiger partial charge in [0.2, 0.25) is 5.91 Å². The number of ether oxygens (including phenoxy) is 1. The van der Waals surface area contributed by atoms with Gasteiger partial charge in [-0.3, -0.25) is 9.59 Å². The van der Waals surface area contributed by atoms with Crippen LogP contribution in [0.3, 0.4) is 0 Å². The maximum Gasteiger partial charge on any atom is 0.260 e. The summed E-state index contributed by atoms with van der Waals surface area (Å²) in [6, 6.07) is 14.3. The number of carbonyl (C=O) groups is 2. The number of nitrogens with zero attached hydrogens (tertiary/aromatic N) is 1. The van der Waals surface area contributed by atoms with Gasteiger partial charge in [-0.2, -0.15) is 0 Å². The molecule has 0 bridgehead atoms. The quantitative estimate of drug-likeness (QED) is 0.612. The lowest BCUT2D eigenvalue weighted by atomic mass is 9.87. The van der Waals surface area contributed by atoms with Gasteiger partial charge >= 0.3 is 0 Å². The molecule has 1 aliphatic heterocycles. The Balaban J connectivity index is 1.91. The highest BCUT2D eigenvalue weighted by Crippen LogP contribution is 2.38. The van der Waals surface area contributed by atoms with Crippen molar-refractivity contribution in [1.29, 1.82) is 0 Å². The molecule has 0 unspecified atom stereocenters. The van der Waals surface area contributed by atoms with Crippen molar-refractivity contribution in [2.24, 2.45) is 11.8 Å². The molecule has 5 heteroatoms. The van der Waals surface area contributed by atoms with Crippen LogP contribution in [0.25, 0.3) is 0 Å². The van der Waals surface area contributed by atoms with Crippen LogP contribution in [0.4, 0.5) is 0 Å². The fourth-order valence-electron chi connectivity index (χ4n) is 4.22. The van der Waals surface area contributed by atoms with Gasteiger partial charge in [0.05, 0.1) is 6.04 Å². The van der Waals surface area contributed by atoms with Gasteiger partial charge in [0.25, 0.3) is 5.91 Å². The summed E-state index contributed by atoms with van der Waals surface area (Å²) < 4.78 is 6.02. The minimum absolute atomic E-state index is 0.120. The van der Waals surface area contributed by atoms with E-state index in [1.54, 1.807) is 6.92 Å². The number of rotatable bonds is 8. The minimum atomic E-state index is -0.595.